The Morgan fingerprint density at radius 3 is 2.80 bits per heavy atom. The van der Waals surface area contributed by atoms with E-state index in [2.05, 4.69) is 48.9 Å². The molecule has 0 saturated heterocycles. The number of nitrogens with two attached hydrogens (primary N) is 1. The topological polar surface area (TPSA) is 40.2 Å². The number of rotatable bonds is 6. The fraction of sp³-hybridized carbons (Fsp3) is 0.412. The van der Waals surface area contributed by atoms with Crippen LogP contribution >= 0.6 is 0 Å². The smallest absolute Gasteiger partial charge is 0.123 e. The summed E-state index contributed by atoms with van der Waals surface area (Å²) in [6, 6.07) is 10.8. The van der Waals surface area contributed by atoms with Gasteiger partial charge in [0.25, 0.3) is 0 Å². The largest absolute Gasteiger partial charge is 0.496 e. The second kappa shape index (κ2) is 6.62. The Morgan fingerprint density at radius 1 is 1.30 bits per heavy atom. The van der Waals surface area contributed by atoms with E-state index in [9.17, 15) is 0 Å². The second-order valence-electron chi connectivity index (χ2n) is 5.32. The Balaban J connectivity index is 2.22. The van der Waals surface area contributed by atoms with Gasteiger partial charge in [-0.2, -0.15) is 0 Å². The third-order valence-corrected chi connectivity index (χ3v) is 3.70. The van der Waals surface area contributed by atoms with Gasteiger partial charge in [0.2, 0.25) is 0 Å². The molecule has 108 valence electrons. The third kappa shape index (κ3) is 3.42. The molecule has 2 N–H and O–H groups in total. The highest BCUT2D eigenvalue weighted by Crippen LogP contribution is 2.21. The maximum absolute atomic E-state index is 6.07. The average molecular weight is 272 g/mol. The van der Waals surface area contributed by atoms with Gasteiger partial charge in [-0.25, -0.2) is 0 Å². The normalized spacial score (nSPS) is 12.4. The second-order valence-corrected chi connectivity index (χ2v) is 5.32. The van der Waals surface area contributed by atoms with Crippen molar-refractivity contribution < 1.29 is 4.74 Å². The molecule has 3 heteroatoms. The molecular weight excluding hydrogens is 248 g/mol. The molecule has 1 atom stereocenters. The molecule has 2 rings (SSSR count). The molecule has 0 aliphatic heterocycles. The van der Waals surface area contributed by atoms with E-state index >= 15 is 0 Å². The molecule has 0 aliphatic rings. The minimum atomic E-state index is 0.225. The van der Waals surface area contributed by atoms with Crippen molar-refractivity contribution in [2.75, 3.05) is 7.11 Å². The van der Waals surface area contributed by atoms with E-state index in [-0.39, 0.29) is 6.04 Å². The van der Waals surface area contributed by atoms with Gasteiger partial charge >= 0.3 is 0 Å². The molecule has 1 unspecified atom stereocenters. The molecule has 3 nitrogen and oxygen atoms in total. The quantitative estimate of drug-likeness (QED) is 0.877. The van der Waals surface area contributed by atoms with Crippen molar-refractivity contribution in [1.82, 2.24) is 4.57 Å². The number of nitrogens with zero attached hydrogens (tertiary/aromatic N) is 1. The Bertz CT molecular complexity index is 560. The first-order valence-electron chi connectivity index (χ1n) is 7.17. The first-order valence-corrected chi connectivity index (χ1v) is 7.17. The van der Waals surface area contributed by atoms with E-state index in [1.165, 1.54) is 16.8 Å². The van der Waals surface area contributed by atoms with Crippen molar-refractivity contribution in [1.29, 1.82) is 0 Å². The Labute approximate surface area is 121 Å². The molecular formula is C17H24N2O. The molecule has 2 aromatic rings. The summed E-state index contributed by atoms with van der Waals surface area (Å²) in [7, 11) is 1.72. The summed E-state index contributed by atoms with van der Waals surface area (Å²) in [5.74, 6) is 0.940. The first kappa shape index (κ1) is 14.7. The van der Waals surface area contributed by atoms with Crippen LogP contribution in [0.5, 0.6) is 5.75 Å². The van der Waals surface area contributed by atoms with Crippen molar-refractivity contribution in [2.24, 2.45) is 5.73 Å². The third-order valence-electron chi connectivity index (χ3n) is 3.70. The van der Waals surface area contributed by atoms with E-state index in [1.807, 2.05) is 6.07 Å². The zero-order valence-corrected chi connectivity index (χ0v) is 12.6. The number of benzene rings is 1. The molecule has 0 fully saturated rings. The molecule has 20 heavy (non-hydrogen) atoms. The summed E-state index contributed by atoms with van der Waals surface area (Å²) in [4.78, 5) is 0. The van der Waals surface area contributed by atoms with E-state index in [4.69, 9.17) is 10.5 Å². The number of hydrogen-bond acceptors (Lipinski definition) is 2. The Kier molecular flexibility index (Phi) is 4.85. The van der Waals surface area contributed by atoms with Gasteiger partial charge in [-0.1, -0.05) is 24.6 Å². The highest BCUT2D eigenvalue weighted by molar-refractivity contribution is 5.37. The van der Waals surface area contributed by atoms with Crippen LogP contribution in [0.3, 0.4) is 0 Å². The molecule has 0 radical (unpaired) electrons. The SMILES string of the molecule is CCC(N)Cc1cccn1Cc1cc(C)ccc1OC. The zero-order chi connectivity index (χ0) is 14.5. The van der Waals surface area contributed by atoms with Crippen LogP contribution < -0.4 is 10.5 Å². The van der Waals surface area contributed by atoms with Crippen LogP contribution in [0.2, 0.25) is 0 Å². The molecule has 1 aromatic heterocycles. The predicted octanol–water partition coefficient (Wildman–Crippen LogP) is 3.13. The van der Waals surface area contributed by atoms with Gasteiger partial charge in [0.05, 0.1) is 13.7 Å². The standard InChI is InChI=1S/C17H24N2O/c1-4-15(18)11-16-6-5-9-19(16)12-14-10-13(2)7-8-17(14)20-3/h5-10,15H,4,11-12,18H2,1-3H3. The summed E-state index contributed by atoms with van der Waals surface area (Å²) >= 11 is 0. The number of aryl methyl sites for hydroxylation is 1. The van der Waals surface area contributed by atoms with E-state index in [1.54, 1.807) is 7.11 Å². The number of hydrogen-bond donors (Lipinski definition) is 1. The van der Waals surface area contributed by atoms with Crippen LogP contribution in [0.25, 0.3) is 0 Å². The minimum Gasteiger partial charge on any atom is -0.496 e. The summed E-state index contributed by atoms with van der Waals surface area (Å²) in [5, 5.41) is 0. The van der Waals surface area contributed by atoms with E-state index < -0.39 is 0 Å². The van der Waals surface area contributed by atoms with Crippen molar-refractivity contribution >= 4 is 0 Å². The van der Waals surface area contributed by atoms with Gasteiger partial charge in [0.1, 0.15) is 5.75 Å². The van der Waals surface area contributed by atoms with Crippen molar-refractivity contribution in [3.05, 3.63) is 53.3 Å². The molecule has 0 spiro atoms. The molecule has 1 heterocycles. The van der Waals surface area contributed by atoms with Crippen LogP contribution in [-0.4, -0.2) is 17.7 Å². The van der Waals surface area contributed by atoms with Gasteiger partial charge in [0.15, 0.2) is 0 Å². The summed E-state index contributed by atoms with van der Waals surface area (Å²) in [5.41, 5.74) is 9.80. The molecule has 0 amide bonds. The van der Waals surface area contributed by atoms with Crippen LogP contribution in [0.4, 0.5) is 0 Å². The van der Waals surface area contributed by atoms with Gasteiger partial charge in [-0.15, -0.1) is 0 Å². The summed E-state index contributed by atoms with van der Waals surface area (Å²) in [6.07, 6.45) is 4.02. The lowest BCUT2D eigenvalue weighted by atomic mass is 10.1. The van der Waals surface area contributed by atoms with Crippen LogP contribution in [0, 0.1) is 6.92 Å². The highest BCUT2D eigenvalue weighted by atomic mass is 16.5. The Hall–Kier alpha value is -1.74. The number of aromatic nitrogens is 1. The lowest BCUT2D eigenvalue weighted by molar-refractivity contribution is 0.408. The predicted molar refractivity (Wildman–Crippen MR) is 83.2 cm³/mol. The maximum atomic E-state index is 6.07. The van der Waals surface area contributed by atoms with Gasteiger partial charge in [0, 0.05) is 29.9 Å². The number of ether oxygens (including phenoxy) is 1. The molecule has 0 saturated carbocycles. The molecule has 1 aromatic carbocycles. The van der Waals surface area contributed by atoms with Gasteiger partial charge in [-0.3, -0.25) is 0 Å². The summed E-state index contributed by atoms with van der Waals surface area (Å²) < 4.78 is 7.71. The minimum absolute atomic E-state index is 0.225. The van der Waals surface area contributed by atoms with Gasteiger partial charge in [-0.05, 0) is 31.5 Å². The Morgan fingerprint density at radius 2 is 2.10 bits per heavy atom. The van der Waals surface area contributed by atoms with Gasteiger partial charge < -0.3 is 15.0 Å². The fourth-order valence-corrected chi connectivity index (χ4v) is 2.42. The van der Waals surface area contributed by atoms with E-state index in [0.29, 0.717) is 0 Å². The van der Waals surface area contributed by atoms with Crippen LogP contribution in [0.1, 0.15) is 30.2 Å². The highest BCUT2D eigenvalue weighted by Gasteiger charge is 2.09. The van der Waals surface area contributed by atoms with Crippen LogP contribution in [-0.2, 0) is 13.0 Å². The van der Waals surface area contributed by atoms with Crippen molar-refractivity contribution in [2.45, 2.75) is 39.3 Å². The number of methoxy groups -OCH3 is 1. The van der Waals surface area contributed by atoms with Crippen LogP contribution in [0.15, 0.2) is 36.5 Å². The zero-order valence-electron chi connectivity index (χ0n) is 12.6. The fourth-order valence-electron chi connectivity index (χ4n) is 2.42. The first-order chi connectivity index (χ1) is 9.63. The molecule has 0 bridgehead atoms. The maximum Gasteiger partial charge on any atom is 0.123 e. The van der Waals surface area contributed by atoms with E-state index in [0.717, 1.165) is 25.1 Å². The monoisotopic (exact) mass is 272 g/mol. The summed E-state index contributed by atoms with van der Waals surface area (Å²) in [6.45, 7) is 5.05. The lowest BCUT2D eigenvalue weighted by Gasteiger charge is -2.15. The average Bonchev–Trinajstić information content (AvgIpc) is 2.86. The van der Waals surface area contributed by atoms with Crippen molar-refractivity contribution in [3.8, 4) is 5.75 Å². The van der Waals surface area contributed by atoms with Crippen molar-refractivity contribution in [3.63, 3.8) is 0 Å². The molecule has 0 aliphatic carbocycles. The lowest BCUT2D eigenvalue weighted by Crippen LogP contribution is -2.23.